The van der Waals surface area contributed by atoms with E-state index in [2.05, 4.69) is 23.2 Å². The van der Waals surface area contributed by atoms with Crippen LogP contribution in [0.1, 0.15) is 126 Å². The topological polar surface area (TPSA) is 78.4 Å². The average Bonchev–Trinajstić information content (AvgIpc) is 3.83. The van der Waals surface area contributed by atoms with Gasteiger partial charge >= 0.3 is 6.09 Å². The third-order valence-corrected chi connectivity index (χ3v) is 12.0. The smallest absolute Gasteiger partial charge is 0.410 e. The van der Waals surface area contributed by atoms with E-state index in [4.69, 9.17) is 9.72 Å². The summed E-state index contributed by atoms with van der Waals surface area (Å²) in [4.78, 5) is 23.5. The van der Waals surface area contributed by atoms with Crippen LogP contribution >= 0.6 is 0 Å². The maximum absolute atomic E-state index is 13.0. The summed E-state index contributed by atoms with van der Waals surface area (Å²) < 4.78 is 5.74. The molecule has 2 heterocycles. The van der Waals surface area contributed by atoms with Crippen LogP contribution in [-0.4, -0.2) is 38.2 Å². The van der Waals surface area contributed by atoms with E-state index in [0.29, 0.717) is 23.1 Å². The number of H-pyrrole nitrogens is 1. The minimum absolute atomic E-state index is 0.0897. The summed E-state index contributed by atoms with van der Waals surface area (Å²) in [6, 6.07) is 8.78. The van der Waals surface area contributed by atoms with E-state index in [0.717, 1.165) is 50.0 Å². The van der Waals surface area contributed by atoms with Crippen molar-refractivity contribution < 1.29 is 14.6 Å². The number of hydrogen-bond donors (Lipinski definition) is 2. The third kappa shape index (κ3) is 5.07. The monoisotopic (exact) mass is 607 g/mol. The predicted molar refractivity (Wildman–Crippen MR) is 177 cm³/mol. The van der Waals surface area contributed by atoms with Crippen LogP contribution in [0.5, 0.6) is 5.75 Å². The van der Waals surface area contributed by atoms with Crippen LogP contribution in [0.3, 0.4) is 0 Å². The summed E-state index contributed by atoms with van der Waals surface area (Å²) in [6.45, 7) is 6.46. The molecule has 0 unspecified atom stereocenters. The van der Waals surface area contributed by atoms with Gasteiger partial charge in [0.25, 0.3) is 0 Å². The zero-order valence-corrected chi connectivity index (χ0v) is 27.4. The second-order valence-corrected chi connectivity index (χ2v) is 16.2. The summed E-state index contributed by atoms with van der Waals surface area (Å²) in [5.74, 6) is 1.35. The number of imidazole rings is 1. The summed E-state index contributed by atoms with van der Waals surface area (Å²) >= 11 is 0. The highest BCUT2D eigenvalue weighted by Gasteiger charge is 2.44. The molecule has 1 atom stereocenters. The molecule has 238 valence electrons. The fourth-order valence-corrected chi connectivity index (χ4v) is 9.93. The van der Waals surface area contributed by atoms with Crippen LogP contribution in [-0.2, 0) is 30.4 Å². The molecule has 2 N–H and O–H groups in total. The number of ether oxygens (including phenoxy) is 1. The Hall–Kier alpha value is -3.28. The van der Waals surface area contributed by atoms with Crippen LogP contribution in [0, 0.1) is 10.8 Å². The number of rotatable bonds is 3. The zero-order valence-electron chi connectivity index (χ0n) is 27.4. The SMILES string of the molecule is CC(C)(C)OC(=O)N1CCC[C@H]1c1ncc(-c2ccc(-c3ccc(O)c4c3CC3(CCCC3)C4)c3c2CC2(CCCCC2)C3)[nH]1. The molecule has 0 radical (unpaired) electrons. The van der Waals surface area contributed by atoms with Gasteiger partial charge in [-0.3, -0.25) is 4.90 Å². The number of carbonyl (C=O) groups is 1. The molecule has 1 saturated heterocycles. The van der Waals surface area contributed by atoms with Gasteiger partial charge < -0.3 is 14.8 Å². The summed E-state index contributed by atoms with van der Waals surface area (Å²) in [7, 11) is 0. The molecule has 1 aromatic heterocycles. The van der Waals surface area contributed by atoms with Gasteiger partial charge in [0, 0.05) is 12.1 Å². The molecule has 1 amide bonds. The fourth-order valence-electron chi connectivity index (χ4n) is 9.93. The first-order valence-electron chi connectivity index (χ1n) is 17.7. The van der Waals surface area contributed by atoms with Crippen molar-refractivity contribution in [3.63, 3.8) is 0 Å². The van der Waals surface area contributed by atoms with Crippen LogP contribution in [0.25, 0.3) is 22.4 Å². The van der Waals surface area contributed by atoms with Crippen molar-refractivity contribution in [3.05, 3.63) is 58.5 Å². The van der Waals surface area contributed by atoms with E-state index in [1.165, 1.54) is 96.7 Å². The summed E-state index contributed by atoms with van der Waals surface area (Å²) in [5.41, 5.74) is 10.8. The number of phenols is 1. The quantitative estimate of drug-likeness (QED) is 0.311. The largest absolute Gasteiger partial charge is 0.508 e. The second-order valence-electron chi connectivity index (χ2n) is 16.2. The molecule has 3 aromatic rings. The van der Waals surface area contributed by atoms with Crippen molar-refractivity contribution in [1.29, 1.82) is 0 Å². The number of nitrogens with zero attached hydrogens (tertiary/aromatic N) is 2. The van der Waals surface area contributed by atoms with Gasteiger partial charge in [0.05, 0.1) is 17.9 Å². The first kappa shape index (κ1) is 29.1. The van der Waals surface area contributed by atoms with Crippen LogP contribution in [0.2, 0.25) is 0 Å². The number of amides is 1. The lowest BCUT2D eigenvalue weighted by molar-refractivity contribution is 0.0218. The highest BCUT2D eigenvalue weighted by molar-refractivity contribution is 5.81. The van der Waals surface area contributed by atoms with Gasteiger partial charge in [-0.2, -0.15) is 0 Å². The van der Waals surface area contributed by atoms with E-state index in [1.807, 2.05) is 37.9 Å². The lowest BCUT2D eigenvalue weighted by Gasteiger charge is -2.33. The lowest BCUT2D eigenvalue weighted by Crippen LogP contribution is -2.36. The number of aromatic amines is 1. The van der Waals surface area contributed by atoms with Gasteiger partial charge in [0.2, 0.25) is 0 Å². The molecule has 0 bridgehead atoms. The average molecular weight is 608 g/mol. The van der Waals surface area contributed by atoms with Gasteiger partial charge in [-0.05, 0) is 135 Å². The number of carbonyl (C=O) groups excluding carboxylic acids is 1. The Morgan fingerprint density at radius 1 is 0.822 bits per heavy atom. The number of benzene rings is 2. The Balaban J connectivity index is 1.17. The van der Waals surface area contributed by atoms with Crippen molar-refractivity contribution in [3.8, 4) is 28.1 Å². The maximum atomic E-state index is 13.0. The first-order valence-corrected chi connectivity index (χ1v) is 17.7. The van der Waals surface area contributed by atoms with Gasteiger partial charge in [-0.1, -0.05) is 50.3 Å². The molecular weight excluding hydrogens is 558 g/mol. The maximum Gasteiger partial charge on any atom is 0.410 e. The molecule has 5 aliphatic rings. The zero-order chi connectivity index (χ0) is 31.0. The Kier molecular flexibility index (Phi) is 6.89. The number of hydrogen-bond acceptors (Lipinski definition) is 4. The number of likely N-dealkylation sites (tertiary alicyclic amines) is 1. The molecule has 3 fully saturated rings. The Bertz CT molecular complexity index is 1630. The Morgan fingerprint density at radius 2 is 1.38 bits per heavy atom. The van der Waals surface area contributed by atoms with E-state index < -0.39 is 5.60 Å². The number of aromatic hydroxyl groups is 1. The van der Waals surface area contributed by atoms with E-state index in [1.54, 1.807) is 0 Å². The molecule has 6 heteroatoms. The summed E-state index contributed by atoms with van der Waals surface area (Å²) in [6.07, 6.45) is 19.8. The second kappa shape index (κ2) is 10.6. The van der Waals surface area contributed by atoms with Crippen LogP contribution < -0.4 is 0 Å². The highest BCUT2D eigenvalue weighted by atomic mass is 16.6. The summed E-state index contributed by atoms with van der Waals surface area (Å²) in [5, 5.41) is 11.0. The molecule has 2 spiro atoms. The Morgan fingerprint density at radius 3 is 2.04 bits per heavy atom. The molecule has 1 aliphatic heterocycles. The van der Waals surface area contributed by atoms with Gasteiger partial charge in [-0.25, -0.2) is 9.78 Å². The highest BCUT2D eigenvalue weighted by Crippen LogP contribution is 2.56. The minimum Gasteiger partial charge on any atom is -0.508 e. The Labute approximate surface area is 268 Å². The van der Waals surface area contributed by atoms with Crippen LogP contribution in [0.15, 0.2) is 30.5 Å². The van der Waals surface area contributed by atoms with E-state index in [9.17, 15) is 9.90 Å². The molecule has 2 aromatic carbocycles. The van der Waals surface area contributed by atoms with Crippen molar-refractivity contribution in [1.82, 2.24) is 14.9 Å². The molecule has 4 aliphatic carbocycles. The molecule has 6 nitrogen and oxygen atoms in total. The lowest BCUT2D eigenvalue weighted by atomic mass is 9.72. The third-order valence-electron chi connectivity index (χ3n) is 12.0. The molecular formula is C39H49N3O3. The van der Waals surface area contributed by atoms with E-state index in [-0.39, 0.29) is 12.1 Å². The first-order chi connectivity index (χ1) is 21.6. The fraction of sp³-hybridized carbons (Fsp3) is 0.590. The molecule has 8 rings (SSSR count). The van der Waals surface area contributed by atoms with Crippen LogP contribution in [0.4, 0.5) is 4.79 Å². The van der Waals surface area contributed by atoms with Crippen molar-refractivity contribution in [2.24, 2.45) is 10.8 Å². The van der Waals surface area contributed by atoms with Crippen molar-refractivity contribution in [2.75, 3.05) is 6.54 Å². The molecule has 2 saturated carbocycles. The number of aromatic nitrogens is 2. The van der Waals surface area contributed by atoms with Crippen molar-refractivity contribution in [2.45, 2.75) is 129 Å². The molecule has 45 heavy (non-hydrogen) atoms. The number of fused-ring (bicyclic) bond motifs is 2. The van der Waals surface area contributed by atoms with E-state index >= 15 is 0 Å². The van der Waals surface area contributed by atoms with Gasteiger partial charge in [-0.15, -0.1) is 0 Å². The normalized spacial score (nSPS) is 23.2. The van der Waals surface area contributed by atoms with Crippen molar-refractivity contribution >= 4 is 6.09 Å². The number of phenolic OH excluding ortho intramolecular Hbond substituents is 1. The van der Waals surface area contributed by atoms with Gasteiger partial charge in [0.15, 0.2) is 0 Å². The van der Waals surface area contributed by atoms with Gasteiger partial charge in [0.1, 0.15) is 17.2 Å². The number of nitrogens with one attached hydrogen (secondary N) is 1. The predicted octanol–water partition coefficient (Wildman–Crippen LogP) is 9.23. The standard InChI is InChI=1S/C39H49N3O3/c1-37(2,3)45-36(44)42-19-9-10-33(42)35-40-24-32(41-35)27-12-11-25(28-20-38(22-30(27)28)15-5-4-6-16-38)26-13-14-34(43)31-23-39(21-29(26)31)17-7-8-18-39/h11-14,24,33,43H,4-10,15-23H2,1-3H3,(H,40,41)/t33-/m0/s1. The minimum atomic E-state index is -0.523.